The molecule has 100 valence electrons. The summed E-state index contributed by atoms with van der Waals surface area (Å²) in [6.45, 7) is 6.06. The monoisotopic (exact) mass is 284 g/mol. The molecule has 1 aliphatic rings. The molecule has 0 bridgehead atoms. The van der Waals surface area contributed by atoms with Gasteiger partial charge in [-0.25, -0.2) is 4.79 Å². The summed E-state index contributed by atoms with van der Waals surface area (Å²) in [4.78, 5) is 13.8. The molecule has 2 aromatic rings. The molecule has 3 nitrogen and oxygen atoms in total. The molecule has 1 heterocycles. The minimum absolute atomic E-state index is 0.228. The first-order valence-electron chi connectivity index (χ1n) is 6.23. The van der Waals surface area contributed by atoms with Gasteiger partial charge in [0.25, 0.3) is 0 Å². The Morgan fingerprint density at radius 2 is 2.00 bits per heavy atom. The molecule has 0 aromatic heterocycles. The van der Waals surface area contributed by atoms with Crippen LogP contribution in [0, 0.1) is 6.92 Å². The normalized spacial score (nSPS) is 14.0. The SMILES string of the molecule is C=C1c2cc(C)ccc2NC(=O)N1c1cccc(Cl)c1. The number of amides is 2. The van der Waals surface area contributed by atoms with Crippen molar-refractivity contribution in [2.24, 2.45) is 0 Å². The molecule has 0 fully saturated rings. The number of aryl methyl sites for hydroxylation is 1. The van der Waals surface area contributed by atoms with E-state index < -0.39 is 0 Å². The lowest BCUT2D eigenvalue weighted by Gasteiger charge is -2.31. The third-order valence-electron chi connectivity index (χ3n) is 3.27. The highest BCUT2D eigenvalue weighted by atomic mass is 35.5. The number of halogens is 1. The molecule has 1 aliphatic heterocycles. The Balaban J connectivity index is 2.10. The molecule has 20 heavy (non-hydrogen) atoms. The van der Waals surface area contributed by atoms with Gasteiger partial charge in [0.2, 0.25) is 0 Å². The van der Waals surface area contributed by atoms with Crippen LogP contribution < -0.4 is 10.2 Å². The van der Waals surface area contributed by atoms with E-state index in [1.165, 1.54) is 4.90 Å². The van der Waals surface area contributed by atoms with Gasteiger partial charge >= 0.3 is 6.03 Å². The average molecular weight is 285 g/mol. The summed E-state index contributed by atoms with van der Waals surface area (Å²) in [5.74, 6) is 0. The second kappa shape index (κ2) is 4.69. The van der Waals surface area contributed by atoms with Crippen LogP contribution in [0.4, 0.5) is 16.2 Å². The van der Waals surface area contributed by atoms with Crippen molar-refractivity contribution < 1.29 is 4.79 Å². The van der Waals surface area contributed by atoms with Gasteiger partial charge in [0.15, 0.2) is 0 Å². The Hall–Kier alpha value is -2.26. The van der Waals surface area contributed by atoms with Crippen molar-refractivity contribution in [3.63, 3.8) is 0 Å². The minimum Gasteiger partial charge on any atom is -0.307 e. The van der Waals surface area contributed by atoms with E-state index in [9.17, 15) is 4.79 Å². The predicted octanol–water partition coefficient (Wildman–Crippen LogP) is 4.67. The maximum atomic E-state index is 12.3. The lowest BCUT2D eigenvalue weighted by molar-refractivity contribution is 0.259. The van der Waals surface area contributed by atoms with Crippen LogP contribution in [0.5, 0.6) is 0 Å². The van der Waals surface area contributed by atoms with Crippen molar-refractivity contribution in [3.8, 4) is 0 Å². The smallest absolute Gasteiger partial charge is 0.307 e. The molecule has 0 unspecified atom stereocenters. The molecule has 0 atom stereocenters. The molecule has 0 aliphatic carbocycles. The van der Waals surface area contributed by atoms with Crippen LogP contribution in [0.15, 0.2) is 49.0 Å². The van der Waals surface area contributed by atoms with E-state index in [2.05, 4.69) is 11.9 Å². The summed E-state index contributed by atoms with van der Waals surface area (Å²) in [5.41, 5.74) is 4.17. The summed E-state index contributed by atoms with van der Waals surface area (Å²) in [5, 5.41) is 3.45. The molecule has 3 rings (SSSR count). The molecule has 1 N–H and O–H groups in total. The fourth-order valence-corrected chi connectivity index (χ4v) is 2.49. The second-order valence-electron chi connectivity index (χ2n) is 4.74. The van der Waals surface area contributed by atoms with E-state index in [1.807, 2.05) is 37.3 Å². The fraction of sp³-hybridized carbons (Fsp3) is 0.0625. The fourth-order valence-electron chi connectivity index (χ4n) is 2.31. The first-order chi connectivity index (χ1) is 9.56. The second-order valence-corrected chi connectivity index (χ2v) is 5.18. The summed E-state index contributed by atoms with van der Waals surface area (Å²) >= 11 is 6.00. The number of rotatable bonds is 1. The number of benzene rings is 2. The maximum absolute atomic E-state index is 12.3. The zero-order chi connectivity index (χ0) is 14.3. The molecule has 0 spiro atoms. The number of anilines is 2. The van der Waals surface area contributed by atoms with Gasteiger partial charge in [-0.15, -0.1) is 0 Å². The zero-order valence-electron chi connectivity index (χ0n) is 11.0. The number of nitrogens with zero attached hydrogens (tertiary/aromatic N) is 1. The van der Waals surface area contributed by atoms with Gasteiger partial charge in [0, 0.05) is 10.6 Å². The molecule has 0 radical (unpaired) electrons. The van der Waals surface area contributed by atoms with E-state index in [0.29, 0.717) is 16.4 Å². The van der Waals surface area contributed by atoms with Crippen molar-refractivity contribution in [2.75, 3.05) is 10.2 Å². The number of fused-ring (bicyclic) bond motifs is 1. The topological polar surface area (TPSA) is 32.3 Å². The zero-order valence-corrected chi connectivity index (χ0v) is 11.7. The largest absolute Gasteiger partial charge is 0.330 e. The van der Waals surface area contributed by atoms with Crippen LogP contribution in [-0.2, 0) is 0 Å². The number of hydrogen-bond acceptors (Lipinski definition) is 1. The Morgan fingerprint density at radius 3 is 2.75 bits per heavy atom. The number of urea groups is 1. The highest BCUT2D eigenvalue weighted by molar-refractivity contribution is 6.31. The highest BCUT2D eigenvalue weighted by Crippen LogP contribution is 2.35. The van der Waals surface area contributed by atoms with Crippen LogP contribution in [0.1, 0.15) is 11.1 Å². The number of carbonyl (C=O) groups excluding carboxylic acids is 1. The molecule has 0 saturated heterocycles. The molecule has 4 heteroatoms. The van der Waals surface area contributed by atoms with Gasteiger partial charge in [0.1, 0.15) is 0 Å². The highest BCUT2D eigenvalue weighted by Gasteiger charge is 2.27. The van der Waals surface area contributed by atoms with Crippen molar-refractivity contribution in [3.05, 3.63) is 65.2 Å². The van der Waals surface area contributed by atoms with Gasteiger partial charge in [-0.3, -0.25) is 4.90 Å². The molecular formula is C16H13ClN2O. The minimum atomic E-state index is -0.228. The van der Waals surface area contributed by atoms with E-state index in [0.717, 1.165) is 16.8 Å². The van der Waals surface area contributed by atoms with Crippen molar-refractivity contribution in [2.45, 2.75) is 6.92 Å². The Morgan fingerprint density at radius 1 is 1.20 bits per heavy atom. The Kier molecular flexibility index (Phi) is 2.99. The molecule has 0 saturated carbocycles. The van der Waals surface area contributed by atoms with Crippen molar-refractivity contribution in [1.82, 2.24) is 0 Å². The molecule has 2 amide bonds. The van der Waals surface area contributed by atoms with Crippen molar-refractivity contribution >= 4 is 34.7 Å². The van der Waals surface area contributed by atoms with Gasteiger partial charge in [0.05, 0.1) is 17.1 Å². The van der Waals surface area contributed by atoms with Crippen LogP contribution in [0.3, 0.4) is 0 Å². The van der Waals surface area contributed by atoms with Gasteiger partial charge in [-0.2, -0.15) is 0 Å². The third kappa shape index (κ3) is 2.06. The van der Waals surface area contributed by atoms with Gasteiger partial charge < -0.3 is 5.32 Å². The van der Waals surface area contributed by atoms with Crippen LogP contribution in [0.2, 0.25) is 5.02 Å². The van der Waals surface area contributed by atoms with E-state index >= 15 is 0 Å². The lowest BCUT2D eigenvalue weighted by Crippen LogP contribution is -2.37. The standard InChI is InChI=1S/C16H13ClN2O/c1-10-6-7-15-14(8-10)11(2)19(16(20)18-15)13-5-3-4-12(17)9-13/h3-9H,2H2,1H3,(H,18,20). The number of nitrogens with one attached hydrogen (secondary N) is 1. The first-order valence-corrected chi connectivity index (χ1v) is 6.60. The van der Waals surface area contributed by atoms with E-state index in [4.69, 9.17) is 11.6 Å². The summed E-state index contributed by atoms with van der Waals surface area (Å²) < 4.78 is 0. The Labute approximate surface area is 122 Å². The van der Waals surface area contributed by atoms with Crippen LogP contribution >= 0.6 is 11.6 Å². The van der Waals surface area contributed by atoms with Crippen molar-refractivity contribution in [1.29, 1.82) is 0 Å². The van der Waals surface area contributed by atoms with Gasteiger partial charge in [-0.05, 0) is 37.3 Å². The summed E-state index contributed by atoms with van der Waals surface area (Å²) in [7, 11) is 0. The van der Waals surface area contributed by atoms with Crippen LogP contribution in [-0.4, -0.2) is 6.03 Å². The number of carbonyl (C=O) groups is 1. The Bertz CT molecular complexity index is 724. The van der Waals surface area contributed by atoms with Crippen LogP contribution in [0.25, 0.3) is 5.70 Å². The quantitative estimate of drug-likeness (QED) is 0.811. The van der Waals surface area contributed by atoms with E-state index in [-0.39, 0.29) is 6.03 Å². The molecule has 2 aromatic carbocycles. The lowest BCUT2D eigenvalue weighted by atomic mass is 10.0. The van der Waals surface area contributed by atoms with Gasteiger partial charge in [-0.1, -0.05) is 35.9 Å². The predicted molar refractivity (Wildman–Crippen MR) is 83.2 cm³/mol. The first kappa shape index (κ1) is 12.8. The van der Waals surface area contributed by atoms with E-state index in [1.54, 1.807) is 12.1 Å². The number of hydrogen-bond donors (Lipinski definition) is 1. The molecular weight excluding hydrogens is 272 g/mol. The third-order valence-corrected chi connectivity index (χ3v) is 3.50. The average Bonchev–Trinajstić information content (AvgIpc) is 2.40. The maximum Gasteiger partial charge on any atom is 0.330 e. The summed E-state index contributed by atoms with van der Waals surface area (Å²) in [6, 6.07) is 12.8. The summed E-state index contributed by atoms with van der Waals surface area (Å²) in [6.07, 6.45) is 0.